The minimum Gasteiger partial charge on any atom is -0.374 e. The molecule has 0 radical (unpaired) electrons. The number of aryl methyl sites for hydroxylation is 1. The minimum atomic E-state index is -3.00. The van der Waals surface area contributed by atoms with Gasteiger partial charge in [0.2, 0.25) is 5.91 Å². The number of sulfone groups is 1. The normalized spacial score (nSPS) is 21.0. The Kier molecular flexibility index (Phi) is 5.73. The van der Waals surface area contributed by atoms with Crippen molar-refractivity contribution in [2.75, 3.05) is 23.4 Å². The third kappa shape index (κ3) is 4.47. The van der Waals surface area contributed by atoms with Crippen LogP contribution in [0.4, 0.5) is 5.69 Å². The summed E-state index contributed by atoms with van der Waals surface area (Å²) in [5.41, 5.74) is 1.96. The van der Waals surface area contributed by atoms with Crippen molar-refractivity contribution in [3.05, 3.63) is 28.2 Å². The van der Waals surface area contributed by atoms with Crippen molar-refractivity contribution in [2.45, 2.75) is 39.3 Å². The molecule has 0 spiro atoms. The van der Waals surface area contributed by atoms with Crippen LogP contribution in [-0.2, 0) is 14.6 Å². The molecule has 1 aliphatic heterocycles. The first kappa shape index (κ1) is 18.3. The molecular weight excluding hydrogens is 380 g/mol. The lowest BCUT2D eigenvalue weighted by molar-refractivity contribution is -0.133. The summed E-state index contributed by atoms with van der Waals surface area (Å²) < 4.78 is 24.3. The molecule has 2 rings (SSSR count). The zero-order valence-corrected chi connectivity index (χ0v) is 16.1. The number of anilines is 1. The first-order chi connectivity index (χ1) is 10.7. The van der Waals surface area contributed by atoms with Gasteiger partial charge in [0.1, 0.15) is 6.04 Å². The number of nitrogens with zero attached hydrogens (tertiary/aromatic N) is 1. The molecule has 5 nitrogen and oxygen atoms in total. The fourth-order valence-corrected chi connectivity index (χ4v) is 4.89. The van der Waals surface area contributed by atoms with E-state index in [1.54, 1.807) is 4.90 Å². The second kappa shape index (κ2) is 7.21. The lowest BCUT2D eigenvalue weighted by Gasteiger charge is -2.30. The van der Waals surface area contributed by atoms with Crippen LogP contribution >= 0.6 is 15.9 Å². The average Bonchev–Trinajstić information content (AvgIpc) is 2.83. The first-order valence-corrected chi connectivity index (χ1v) is 10.4. The van der Waals surface area contributed by atoms with E-state index < -0.39 is 15.9 Å². The summed E-state index contributed by atoms with van der Waals surface area (Å²) in [6, 6.07) is 5.23. The molecule has 1 aromatic carbocycles. The van der Waals surface area contributed by atoms with E-state index in [1.165, 1.54) is 0 Å². The highest BCUT2D eigenvalue weighted by atomic mass is 79.9. The Morgan fingerprint density at radius 1 is 1.48 bits per heavy atom. The van der Waals surface area contributed by atoms with Gasteiger partial charge < -0.3 is 10.2 Å². The second-order valence-corrected chi connectivity index (χ2v) is 9.09. The number of rotatable bonds is 5. The van der Waals surface area contributed by atoms with Crippen molar-refractivity contribution in [1.82, 2.24) is 4.90 Å². The summed E-state index contributed by atoms with van der Waals surface area (Å²) in [6.45, 7) is 6.21. The van der Waals surface area contributed by atoms with Crippen molar-refractivity contribution >= 4 is 37.4 Å². The Balaban J connectivity index is 2.06. The van der Waals surface area contributed by atoms with Gasteiger partial charge in [-0.25, -0.2) is 8.42 Å². The highest BCUT2D eigenvalue weighted by Gasteiger charge is 2.35. The summed E-state index contributed by atoms with van der Waals surface area (Å²) in [6.07, 6.45) is 0.534. The van der Waals surface area contributed by atoms with Crippen molar-refractivity contribution in [3.63, 3.8) is 0 Å². The van der Waals surface area contributed by atoms with Crippen molar-refractivity contribution < 1.29 is 13.2 Å². The fourth-order valence-electron chi connectivity index (χ4n) is 2.91. The van der Waals surface area contributed by atoms with Gasteiger partial charge in [0.15, 0.2) is 9.84 Å². The molecule has 0 aromatic heterocycles. The summed E-state index contributed by atoms with van der Waals surface area (Å²) >= 11 is 3.45. The highest BCUT2D eigenvalue weighted by Crippen LogP contribution is 2.22. The minimum absolute atomic E-state index is 0.0600. The van der Waals surface area contributed by atoms with Gasteiger partial charge >= 0.3 is 0 Å². The van der Waals surface area contributed by atoms with E-state index in [0.717, 1.165) is 15.7 Å². The lowest BCUT2D eigenvalue weighted by Crippen LogP contribution is -2.47. The molecule has 23 heavy (non-hydrogen) atoms. The van der Waals surface area contributed by atoms with E-state index in [1.807, 2.05) is 39.0 Å². The Morgan fingerprint density at radius 2 is 2.17 bits per heavy atom. The number of benzene rings is 1. The van der Waals surface area contributed by atoms with Crippen LogP contribution in [0.1, 0.15) is 25.8 Å². The number of likely N-dealkylation sites (N-methyl/N-ethyl adjacent to an activating group) is 1. The van der Waals surface area contributed by atoms with Gasteiger partial charge in [-0.1, -0.05) is 15.9 Å². The zero-order chi connectivity index (χ0) is 17.2. The summed E-state index contributed by atoms with van der Waals surface area (Å²) in [5.74, 6) is 0.196. The van der Waals surface area contributed by atoms with Crippen molar-refractivity contribution in [2.24, 2.45) is 0 Å². The summed E-state index contributed by atoms with van der Waals surface area (Å²) in [7, 11) is -3.00. The van der Waals surface area contributed by atoms with Gasteiger partial charge in [0.25, 0.3) is 0 Å². The first-order valence-electron chi connectivity index (χ1n) is 7.77. The zero-order valence-electron chi connectivity index (χ0n) is 13.7. The molecule has 128 valence electrons. The summed E-state index contributed by atoms with van der Waals surface area (Å²) in [5, 5.41) is 3.21. The third-order valence-corrected chi connectivity index (χ3v) is 6.82. The maximum absolute atomic E-state index is 12.7. The monoisotopic (exact) mass is 402 g/mol. The maximum Gasteiger partial charge on any atom is 0.245 e. The molecule has 1 aromatic rings. The molecule has 0 aliphatic carbocycles. The van der Waals surface area contributed by atoms with E-state index in [0.29, 0.717) is 13.0 Å². The number of carbonyl (C=O) groups excluding carboxylic acids is 1. The number of halogens is 1. The van der Waals surface area contributed by atoms with Gasteiger partial charge in [-0.05, 0) is 51.0 Å². The maximum atomic E-state index is 12.7. The molecule has 1 heterocycles. The Hall–Kier alpha value is -1.08. The van der Waals surface area contributed by atoms with E-state index in [2.05, 4.69) is 21.2 Å². The third-order valence-electron chi connectivity index (χ3n) is 4.18. The van der Waals surface area contributed by atoms with Crippen LogP contribution in [0.15, 0.2) is 22.7 Å². The van der Waals surface area contributed by atoms with Crippen LogP contribution in [0.2, 0.25) is 0 Å². The number of hydrogen-bond acceptors (Lipinski definition) is 4. The molecular formula is C16H23BrN2O3S. The largest absolute Gasteiger partial charge is 0.374 e. The van der Waals surface area contributed by atoms with E-state index in [-0.39, 0.29) is 23.5 Å². The van der Waals surface area contributed by atoms with Crippen molar-refractivity contribution in [1.29, 1.82) is 0 Å². The van der Waals surface area contributed by atoms with Crippen LogP contribution in [0.3, 0.4) is 0 Å². The number of hydrogen-bond donors (Lipinski definition) is 1. The molecule has 2 unspecified atom stereocenters. The van der Waals surface area contributed by atoms with Crippen LogP contribution in [0.5, 0.6) is 0 Å². The van der Waals surface area contributed by atoms with Crippen LogP contribution in [0, 0.1) is 6.92 Å². The molecule has 1 N–H and O–H groups in total. The van der Waals surface area contributed by atoms with Gasteiger partial charge in [-0.3, -0.25) is 4.79 Å². The van der Waals surface area contributed by atoms with E-state index in [4.69, 9.17) is 0 Å². The molecule has 1 aliphatic rings. The Labute approximate surface area is 146 Å². The molecule has 7 heteroatoms. The van der Waals surface area contributed by atoms with Gasteiger partial charge in [-0.2, -0.15) is 0 Å². The number of nitrogens with one attached hydrogen (secondary N) is 1. The van der Waals surface area contributed by atoms with E-state index in [9.17, 15) is 13.2 Å². The quantitative estimate of drug-likeness (QED) is 0.821. The lowest BCUT2D eigenvalue weighted by atomic mass is 10.1. The van der Waals surface area contributed by atoms with Gasteiger partial charge in [-0.15, -0.1) is 0 Å². The average molecular weight is 403 g/mol. The second-order valence-electron chi connectivity index (χ2n) is 6.01. The molecule has 1 fully saturated rings. The van der Waals surface area contributed by atoms with Crippen molar-refractivity contribution in [3.8, 4) is 0 Å². The predicted molar refractivity (Wildman–Crippen MR) is 96.4 cm³/mol. The molecule has 1 saturated heterocycles. The number of carbonyl (C=O) groups is 1. The smallest absolute Gasteiger partial charge is 0.245 e. The number of amides is 1. The molecule has 2 atom stereocenters. The molecule has 0 saturated carbocycles. The molecule has 1 amide bonds. The topological polar surface area (TPSA) is 66.5 Å². The van der Waals surface area contributed by atoms with Crippen LogP contribution in [-0.4, -0.2) is 49.4 Å². The Morgan fingerprint density at radius 3 is 2.70 bits per heavy atom. The molecule has 0 bridgehead atoms. The SMILES string of the molecule is CCN(C(=O)C(C)Nc1ccc(Br)c(C)c1)C1CCS(=O)(=O)C1. The van der Waals surface area contributed by atoms with Crippen LogP contribution in [0.25, 0.3) is 0 Å². The fraction of sp³-hybridized carbons (Fsp3) is 0.562. The Bertz CT molecular complexity index is 691. The highest BCUT2D eigenvalue weighted by molar-refractivity contribution is 9.10. The standard InChI is InChI=1S/C16H23BrN2O3S/c1-4-19(14-7-8-23(21,22)10-14)16(20)12(3)18-13-5-6-15(17)11(2)9-13/h5-6,9,12,14,18H,4,7-8,10H2,1-3H3. The van der Waals surface area contributed by atoms with Crippen LogP contribution < -0.4 is 5.32 Å². The predicted octanol–water partition coefficient (Wildman–Crippen LogP) is 2.59. The summed E-state index contributed by atoms with van der Waals surface area (Å²) in [4.78, 5) is 14.4. The van der Waals surface area contributed by atoms with Gasteiger partial charge in [0.05, 0.1) is 11.5 Å². The van der Waals surface area contributed by atoms with E-state index >= 15 is 0 Å². The van der Waals surface area contributed by atoms with Gasteiger partial charge in [0, 0.05) is 22.7 Å².